The highest BCUT2D eigenvalue weighted by atomic mass is 32.2. The summed E-state index contributed by atoms with van der Waals surface area (Å²) in [4.78, 5) is 35.4. The molecule has 1 aliphatic heterocycles. The van der Waals surface area contributed by atoms with Crippen LogP contribution in [0.1, 0.15) is 64.8 Å². The average molecular weight is 656 g/mol. The Morgan fingerprint density at radius 1 is 0.809 bits per heavy atom. The fourth-order valence-electron chi connectivity index (χ4n) is 5.53. The Balaban J connectivity index is 1.36. The van der Waals surface area contributed by atoms with Crippen LogP contribution in [0.4, 0.5) is 0 Å². The standard InChI is InChI=1S/C37H37NO8S/c1-23-31(22-47-32-9-5-4-8-30(32)36(43)44)45-37(46-35(23)26-12-10-24(21-39)11-13-26)27-16-14-25(15-17-27)29-7-3-2-6-28(29)20-38-33(40)18-19-34(41)42/h2-17,23,31,35,37,39H,18-22H2,1H3,(H,38,40)(H,41,42)(H,43,44)/t23-,31+,35+,37+/m0/s1. The highest BCUT2D eigenvalue weighted by Crippen LogP contribution is 2.43. The maximum Gasteiger partial charge on any atom is 0.336 e. The highest BCUT2D eigenvalue weighted by molar-refractivity contribution is 7.99. The number of carbonyl (C=O) groups is 3. The zero-order valence-electron chi connectivity index (χ0n) is 25.9. The first-order valence-electron chi connectivity index (χ1n) is 15.4. The molecule has 4 N–H and O–H groups in total. The van der Waals surface area contributed by atoms with Crippen LogP contribution in [0.3, 0.4) is 0 Å². The first kappa shape index (κ1) is 33.9. The minimum atomic E-state index is -1.01. The molecule has 4 atom stereocenters. The second-order valence-corrected chi connectivity index (χ2v) is 12.4. The van der Waals surface area contributed by atoms with Crippen LogP contribution >= 0.6 is 11.8 Å². The quantitative estimate of drug-likeness (QED) is 0.117. The minimum absolute atomic E-state index is 0.0537. The molecule has 4 aromatic rings. The number of hydrogen-bond donors (Lipinski definition) is 4. The molecule has 244 valence electrons. The maximum atomic E-state index is 12.1. The van der Waals surface area contributed by atoms with Crippen molar-refractivity contribution in [3.8, 4) is 11.1 Å². The fourth-order valence-corrected chi connectivity index (χ4v) is 6.74. The van der Waals surface area contributed by atoms with Crippen LogP contribution < -0.4 is 5.32 Å². The van der Waals surface area contributed by atoms with Crippen molar-refractivity contribution in [1.29, 1.82) is 0 Å². The highest BCUT2D eigenvalue weighted by Gasteiger charge is 2.38. The Labute approximate surface area is 277 Å². The number of rotatable bonds is 13. The molecule has 1 fully saturated rings. The molecule has 5 rings (SSSR count). The number of thioether (sulfide) groups is 1. The Hall–Kier alpha value is -4.48. The zero-order chi connectivity index (χ0) is 33.3. The SMILES string of the molecule is C[C@H]1[C@@H](CSc2ccccc2C(=O)O)O[C@@H](c2ccc(-c3ccccc3CNC(=O)CCC(=O)O)cc2)O[C@H]1c1ccc(CO)cc1. The summed E-state index contributed by atoms with van der Waals surface area (Å²) in [6, 6.07) is 30.2. The number of benzene rings is 4. The van der Waals surface area contributed by atoms with Crippen LogP contribution in [-0.4, -0.2) is 45.0 Å². The van der Waals surface area contributed by atoms with Gasteiger partial charge in [0.2, 0.25) is 5.91 Å². The number of aromatic carboxylic acids is 1. The molecule has 1 amide bonds. The second kappa shape index (κ2) is 15.9. The van der Waals surface area contributed by atoms with Gasteiger partial charge < -0.3 is 30.1 Å². The summed E-state index contributed by atoms with van der Waals surface area (Å²) in [7, 11) is 0. The van der Waals surface area contributed by atoms with Crippen molar-refractivity contribution in [2.45, 2.75) is 56.3 Å². The van der Waals surface area contributed by atoms with E-state index in [1.54, 1.807) is 18.2 Å². The topological polar surface area (TPSA) is 142 Å². The third kappa shape index (κ3) is 8.66. The molecule has 9 nitrogen and oxygen atoms in total. The van der Waals surface area contributed by atoms with Crippen molar-refractivity contribution >= 4 is 29.6 Å². The summed E-state index contributed by atoms with van der Waals surface area (Å²) in [5.41, 5.74) is 5.59. The predicted octanol–water partition coefficient (Wildman–Crippen LogP) is 6.61. The van der Waals surface area contributed by atoms with Gasteiger partial charge in [0.05, 0.1) is 30.8 Å². The van der Waals surface area contributed by atoms with E-state index in [4.69, 9.17) is 14.6 Å². The molecular formula is C37H37NO8S. The Bertz CT molecular complexity index is 1690. The number of aliphatic hydroxyl groups excluding tert-OH is 1. The molecular weight excluding hydrogens is 618 g/mol. The van der Waals surface area contributed by atoms with Crippen LogP contribution in [0.2, 0.25) is 0 Å². The van der Waals surface area contributed by atoms with E-state index in [-0.39, 0.29) is 55.6 Å². The largest absolute Gasteiger partial charge is 0.481 e. The van der Waals surface area contributed by atoms with E-state index in [0.717, 1.165) is 33.4 Å². The van der Waals surface area contributed by atoms with Gasteiger partial charge >= 0.3 is 11.9 Å². The van der Waals surface area contributed by atoms with Gasteiger partial charge in [0.1, 0.15) is 0 Å². The average Bonchev–Trinajstić information content (AvgIpc) is 3.09. The molecule has 4 aromatic carbocycles. The van der Waals surface area contributed by atoms with Crippen molar-refractivity contribution in [1.82, 2.24) is 5.32 Å². The number of carboxylic acids is 2. The third-order valence-corrected chi connectivity index (χ3v) is 9.36. The Morgan fingerprint density at radius 3 is 2.19 bits per heavy atom. The van der Waals surface area contributed by atoms with E-state index in [2.05, 4.69) is 12.2 Å². The zero-order valence-corrected chi connectivity index (χ0v) is 26.7. The van der Waals surface area contributed by atoms with Crippen LogP contribution in [0.5, 0.6) is 0 Å². The lowest BCUT2D eigenvalue weighted by Crippen LogP contribution is -2.38. The predicted molar refractivity (Wildman–Crippen MR) is 178 cm³/mol. The Kier molecular flexibility index (Phi) is 11.4. The summed E-state index contributed by atoms with van der Waals surface area (Å²) in [5, 5.41) is 30.9. The van der Waals surface area contributed by atoms with Gasteiger partial charge in [0, 0.05) is 35.1 Å². The Morgan fingerprint density at radius 2 is 1.49 bits per heavy atom. The summed E-state index contributed by atoms with van der Waals surface area (Å²) >= 11 is 1.45. The third-order valence-electron chi connectivity index (χ3n) is 8.20. The van der Waals surface area contributed by atoms with E-state index < -0.39 is 18.2 Å². The molecule has 1 aliphatic rings. The van der Waals surface area contributed by atoms with Crippen molar-refractivity contribution in [3.05, 3.63) is 125 Å². The molecule has 0 aliphatic carbocycles. The van der Waals surface area contributed by atoms with Crippen molar-refractivity contribution in [2.75, 3.05) is 5.75 Å². The smallest absolute Gasteiger partial charge is 0.336 e. The maximum absolute atomic E-state index is 12.1. The van der Waals surface area contributed by atoms with E-state index in [1.807, 2.05) is 78.9 Å². The van der Waals surface area contributed by atoms with Gasteiger partial charge in [-0.2, -0.15) is 0 Å². The van der Waals surface area contributed by atoms with Crippen molar-refractivity contribution in [3.63, 3.8) is 0 Å². The summed E-state index contributed by atoms with van der Waals surface area (Å²) in [5.74, 6) is -1.86. The first-order valence-corrected chi connectivity index (χ1v) is 16.3. The molecule has 1 heterocycles. The second-order valence-electron chi connectivity index (χ2n) is 11.4. The molecule has 1 saturated heterocycles. The monoisotopic (exact) mass is 655 g/mol. The van der Waals surface area contributed by atoms with Gasteiger partial charge in [0.25, 0.3) is 0 Å². The molecule has 0 bridgehead atoms. The lowest BCUT2D eigenvalue weighted by Gasteiger charge is -2.41. The number of nitrogens with one attached hydrogen (secondary N) is 1. The number of amides is 1. The van der Waals surface area contributed by atoms with Gasteiger partial charge in [-0.05, 0) is 39.9 Å². The van der Waals surface area contributed by atoms with E-state index in [9.17, 15) is 24.6 Å². The van der Waals surface area contributed by atoms with Gasteiger partial charge in [-0.1, -0.05) is 91.9 Å². The van der Waals surface area contributed by atoms with E-state index in [0.29, 0.717) is 10.6 Å². The molecule has 47 heavy (non-hydrogen) atoms. The molecule has 0 spiro atoms. The summed E-state index contributed by atoms with van der Waals surface area (Å²) in [6.07, 6.45) is -1.57. The fraction of sp³-hybridized carbons (Fsp3) is 0.270. The van der Waals surface area contributed by atoms with Crippen LogP contribution in [-0.2, 0) is 32.2 Å². The summed E-state index contributed by atoms with van der Waals surface area (Å²) in [6.45, 7) is 2.28. The van der Waals surface area contributed by atoms with Gasteiger partial charge in [0.15, 0.2) is 6.29 Å². The number of hydrogen-bond acceptors (Lipinski definition) is 7. The van der Waals surface area contributed by atoms with Crippen molar-refractivity contribution < 1.29 is 39.2 Å². The number of aliphatic hydroxyl groups is 1. The minimum Gasteiger partial charge on any atom is -0.481 e. The van der Waals surface area contributed by atoms with Crippen LogP contribution in [0.25, 0.3) is 11.1 Å². The lowest BCUT2D eigenvalue weighted by atomic mass is 9.91. The number of carbonyl (C=O) groups excluding carboxylic acids is 1. The van der Waals surface area contributed by atoms with Crippen LogP contribution in [0, 0.1) is 5.92 Å². The number of carboxylic acid groups (broad SMARTS) is 2. The van der Waals surface area contributed by atoms with Gasteiger partial charge in [-0.25, -0.2) is 4.79 Å². The van der Waals surface area contributed by atoms with Crippen molar-refractivity contribution in [2.24, 2.45) is 5.92 Å². The van der Waals surface area contributed by atoms with E-state index in [1.165, 1.54) is 11.8 Å². The van der Waals surface area contributed by atoms with Crippen LogP contribution in [0.15, 0.2) is 102 Å². The van der Waals surface area contributed by atoms with Gasteiger partial charge in [-0.3, -0.25) is 9.59 Å². The van der Waals surface area contributed by atoms with Gasteiger partial charge in [-0.15, -0.1) is 11.8 Å². The molecule has 0 saturated carbocycles. The van der Waals surface area contributed by atoms with E-state index >= 15 is 0 Å². The first-order chi connectivity index (χ1) is 22.7. The molecule has 0 unspecified atom stereocenters. The normalized spacial score (nSPS) is 19.2. The molecule has 0 aromatic heterocycles. The molecule has 0 radical (unpaired) electrons. The number of ether oxygens (including phenoxy) is 2. The number of aliphatic carboxylic acids is 1. The summed E-state index contributed by atoms with van der Waals surface area (Å²) < 4.78 is 13.1. The molecule has 10 heteroatoms. The lowest BCUT2D eigenvalue weighted by molar-refractivity contribution is -0.268.